The maximum Gasteiger partial charge on any atom is 0.313 e. The Hall–Kier alpha value is -2.77. The van der Waals surface area contributed by atoms with Crippen molar-refractivity contribution in [1.29, 1.82) is 0 Å². The molecule has 1 aliphatic heterocycles. The Kier molecular flexibility index (Phi) is 6.95. The number of para-hydroxylation sites is 1. The number of piperazine rings is 1. The molecule has 0 aliphatic carbocycles. The van der Waals surface area contributed by atoms with Crippen LogP contribution >= 0.6 is 0 Å². The van der Waals surface area contributed by atoms with Crippen molar-refractivity contribution < 1.29 is 14.0 Å². The molecule has 1 atom stereocenters. The summed E-state index contributed by atoms with van der Waals surface area (Å²) < 4.78 is 13.7. The summed E-state index contributed by atoms with van der Waals surface area (Å²) in [6, 6.07) is 13.9. The summed E-state index contributed by atoms with van der Waals surface area (Å²) in [7, 11) is 2.09. The standard InChI is InChI=1S/C22H27FN4O2/c1-16-7-9-17(10-8-16)20(27-13-11-26(2)12-14-27)15-24-21(28)22(29)25-19-6-4-3-5-18(19)23/h3-10,20H,11-15H2,1-2H3,(H,24,28)(H,25,29)/t20-/m1/s1. The van der Waals surface area contributed by atoms with E-state index in [-0.39, 0.29) is 11.7 Å². The quantitative estimate of drug-likeness (QED) is 0.758. The van der Waals surface area contributed by atoms with Crippen LogP contribution in [0.4, 0.5) is 10.1 Å². The van der Waals surface area contributed by atoms with Gasteiger partial charge in [0.1, 0.15) is 5.82 Å². The van der Waals surface area contributed by atoms with E-state index in [0.29, 0.717) is 6.54 Å². The Morgan fingerprint density at radius 2 is 1.66 bits per heavy atom. The Bertz CT molecular complexity index is 848. The second kappa shape index (κ2) is 9.62. The maximum absolute atomic E-state index is 13.7. The molecule has 2 aromatic carbocycles. The Morgan fingerprint density at radius 1 is 1.00 bits per heavy atom. The smallest absolute Gasteiger partial charge is 0.313 e. The van der Waals surface area contributed by atoms with Crippen molar-refractivity contribution >= 4 is 17.5 Å². The van der Waals surface area contributed by atoms with E-state index < -0.39 is 17.6 Å². The van der Waals surface area contributed by atoms with Gasteiger partial charge in [-0.2, -0.15) is 0 Å². The first-order chi connectivity index (χ1) is 13.9. The molecular weight excluding hydrogens is 371 g/mol. The van der Waals surface area contributed by atoms with E-state index in [1.54, 1.807) is 6.07 Å². The topological polar surface area (TPSA) is 64.7 Å². The van der Waals surface area contributed by atoms with Gasteiger partial charge in [-0.15, -0.1) is 0 Å². The van der Waals surface area contributed by atoms with E-state index in [9.17, 15) is 14.0 Å². The van der Waals surface area contributed by atoms with Crippen molar-refractivity contribution in [2.75, 3.05) is 45.1 Å². The molecule has 2 amide bonds. The van der Waals surface area contributed by atoms with E-state index in [1.807, 2.05) is 19.1 Å². The van der Waals surface area contributed by atoms with Crippen LogP contribution in [-0.4, -0.2) is 61.4 Å². The molecule has 0 aromatic heterocycles. The molecule has 0 spiro atoms. The van der Waals surface area contributed by atoms with Crippen LogP contribution in [0.5, 0.6) is 0 Å². The molecule has 0 unspecified atom stereocenters. The monoisotopic (exact) mass is 398 g/mol. The van der Waals surface area contributed by atoms with Crippen LogP contribution in [0.15, 0.2) is 48.5 Å². The van der Waals surface area contributed by atoms with E-state index in [0.717, 1.165) is 31.7 Å². The number of aryl methyl sites for hydroxylation is 1. The summed E-state index contributed by atoms with van der Waals surface area (Å²) in [6.07, 6.45) is 0. The van der Waals surface area contributed by atoms with Gasteiger partial charge in [-0.3, -0.25) is 14.5 Å². The number of rotatable bonds is 5. The van der Waals surface area contributed by atoms with Gasteiger partial charge in [0, 0.05) is 32.7 Å². The first-order valence-corrected chi connectivity index (χ1v) is 9.77. The Morgan fingerprint density at radius 3 is 2.31 bits per heavy atom. The van der Waals surface area contributed by atoms with Gasteiger partial charge < -0.3 is 15.5 Å². The largest absolute Gasteiger partial charge is 0.346 e. The zero-order valence-electron chi connectivity index (χ0n) is 16.8. The molecule has 2 aromatic rings. The van der Waals surface area contributed by atoms with Gasteiger partial charge in [0.2, 0.25) is 0 Å². The number of hydrogen-bond acceptors (Lipinski definition) is 4. The number of hydrogen-bond donors (Lipinski definition) is 2. The molecule has 1 aliphatic rings. The average molecular weight is 398 g/mol. The van der Waals surface area contributed by atoms with Crippen LogP contribution in [0.2, 0.25) is 0 Å². The number of halogens is 1. The summed E-state index contributed by atoms with van der Waals surface area (Å²) in [6.45, 7) is 5.99. The molecule has 1 fully saturated rings. The molecule has 0 radical (unpaired) electrons. The van der Waals surface area contributed by atoms with Crippen molar-refractivity contribution in [2.45, 2.75) is 13.0 Å². The number of nitrogens with one attached hydrogen (secondary N) is 2. The zero-order chi connectivity index (χ0) is 20.8. The third-order valence-corrected chi connectivity index (χ3v) is 5.23. The maximum atomic E-state index is 13.7. The molecule has 6 nitrogen and oxygen atoms in total. The van der Waals surface area contributed by atoms with E-state index in [2.05, 4.69) is 39.6 Å². The number of carbonyl (C=O) groups is 2. The molecule has 154 valence electrons. The molecule has 1 saturated heterocycles. The van der Waals surface area contributed by atoms with Gasteiger partial charge >= 0.3 is 11.8 Å². The minimum absolute atomic E-state index is 0.0122. The van der Waals surface area contributed by atoms with Gasteiger partial charge in [-0.1, -0.05) is 42.0 Å². The van der Waals surface area contributed by atoms with Gasteiger partial charge in [0.05, 0.1) is 11.7 Å². The predicted octanol–water partition coefficient (Wildman–Crippen LogP) is 2.18. The fourth-order valence-electron chi connectivity index (χ4n) is 3.39. The van der Waals surface area contributed by atoms with Crippen LogP contribution in [0.3, 0.4) is 0 Å². The van der Waals surface area contributed by atoms with Crippen LogP contribution in [0, 0.1) is 12.7 Å². The van der Waals surface area contributed by atoms with Crippen LogP contribution in [0.1, 0.15) is 17.2 Å². The number of carbonyl (C=O) groups excluding carboxylic acids is 2. The lowest BCUT2D eigenvalue weighted by Gasteiger charge is -2.38. The highest BCUT2D eigenvalue weighted by Crippen LogP contribution is 2.22. The first-order valence-electron chi connectivity index (χ1n) is 9.77. The van der Waals surface area contributed by atoms with Crippen molar-refractivity contribution in [3.05, 3.63) is 65.5 Å². The first kappa shape index (κ1) is 21.0. The fraction of sp³-hybridized carbons (Fsp3) is 0.364. The summed E-state index contributed by atoms with van der Waals surface area (Å²) in [5, 5.41) is 5.04. The van der Waals surface area contributed by atoms with Gasteiger partial charge in [0.15, 0.2) is 0 Å². The SMILES string of the molecule is Cc1ccc([C@@H](CNC(=O)C(=O)Nc2ccccc2F)N2CCN(C)CC2)cc1. The third kappa shape index (κ3) is 5.62. The second-order valence-corrected chi connectivity index (χ2v) is 7.41. The lowest BCUT2D eigenvalue weighted by molar-refractivity contribution is -0.136. The molecule has 7 heteroatoms. The Balaban J connectivity index is 1.65. The number of anilines is 1. The highest BCUT2D eigenvalue weighted by molar-refractivity contribution is 6.39. The molecule has 2 N–H and O–H groups in total. The number of likely N-dealkylation sites (N-methyl/N-ethyl adjacent to an activating group) is 1. The summed E-state index contributed by atoms with van der Waals surface area (Å²) in [4.78, 5) is 29.1. The number of nitrogens with zero attached hydrogens (tertiary/aromatic N) is 2. The molecule has 0 bridgehead atoms. The van der Waals surface area contributed by atoms with Crippen molar-refractivity contribution in [3.63, 3.8) is 0 Å². The van der Waals surface area contributed by atoms with Crippen LogP contribution < -0.4 is 10.6 Å². The van der Waals surface area contributed by atoms with Crippen LogP contribution in [-0.2, 0) is 9.59 Å². The normalized spacial score (nSPS) is 16.2. The molecule has 29 heavy (non-hydrogen) atoms. The van der Waals surface area contributed by atoms with Gasteiger partial charge in [0.25, 0.3) is 0 Å². The van der Waals surface area contributed by atoms with Gasteiger partial charge in [-0.25, -0.2) is 4.39 Å². The van der Waals surface area contributed by atoms with Crippen molar-refractivity contribution in [1.82, 2.24) is 15.1 Å². The fourth-order valence-corrected chi connectivity index (χ4v) is 3.39. The van der Waals surface area contributed by atoms with Crippen LogP contribution in [0.25, 0.3) is 0 Å². The summed E-state index contributed by atoms with van der Waals surface area (Å²) >= 11 is 0. The summed E-state index contributed by atoms with van der Waals surface area (Å²) in [5.41, 5.74) is 2.25. The molecule has 1 heterocycles. The van der Waals surface area contributed by atoms with Crippen molar-refractivity contribution in [3.8, 4) is 0 Å². The highest BCUT2D eigenvalue weighted by Gasteiger charge is 2.25. The Labute approximate surface area is 170 Å². The minimum Gasteiger partial charge on any atom is -0.346 e. The van der Waals surface area contributed by atoms with E-state index in [4.69, 9.17) is 0 Å². The van der Waals surface area contributed by atoms with E-state index >= 15 is 0 Å². The molecule has 0 saturated carbocycles. The third-order valence-electron chi connectivity index (χ3n) is 5.23. The van der Waals surface area contributed by atoms with Crippen molar-refractivity contribution in [2.24, 2.45) is 0 Å². The highest BCUT2D eigenvalue weighted by atomic mass is 19.1. The van der Waals surface area contributed by atoms with E-state index in [1.165, 1.54) is 23.8 Å². The predicted molar refractivity (Wildman–Crippen MR) is 111 cm³/mol. The summed E-state index contributed by atoms with van der Waals surface area (Å²) in [5.74, 6) is -2.24. The molecular formula is C22H27FN4O2. The molecule has 3 rings (SSSR count). The lowest BCUT2D eigenvalue weighted by atomic mass is 10.0. The second-order valence-electron chi connectivity index (χ2n) is 7.41. The average Bonchev–Trinajstić information content (AvgIpc) is 2.72. The number of benzene rings is 2. The van der Waals surface area contributed by atoms with Gasteiger partial charge in [-0.05, 0) is 31.7 Å². The lowest BCUT2D eigenvalue weighted by Crippen LogP contribution is -2.49. The minimum atomic E-state index is -0.879. The zero-order valence-corrected chi connectivity index (χ0v) is 16.8. The number of amides is 2.